The van der Waals surface area contributed by atoms with Crippen molar-refractivity contribution in [3.05, 3.63) is 78.3 Å². The molecule has 0 saturated heterocycles. The van der Waals surface area contributed by atoms with Gasteiger partial charge in [0, 0.05) is 36.9 Å². The number of aromatic nitrogens is 2. The maximum absolute atomic E-state index is 12.0. The van der Waals surface area contributed by atoms with Gasteiger partial charge in [-0.1, -0.05) is 18.2 Å². The lowest BCUT2D eigenvalue weighted by molar-refractivity contribution is 0.366. The lowest BCUT2D eigenvalue weighted by Crippen LogP contribution is -2.21. The van der Waals surface area contributed by atoms with Gasteiger partial charge < -0.3 is 20.8 Å². The zero-order chi connectivity index (χ0) is 20.6. The van der Waals surface area contributed by atoms with Crippen LogP contribution in [-0.4, -0.2) is 45.2 Å². The van der Waals surface area contributed by atoms with Crippen molar-refractivity contribution in [1.82, 2.24) is 14.9 Å². The molecule has 4 N–H and O–H groups in total. The topological polar surface area (TPSA) is 95.5 Å². The molecule has 0 atom stereocenters. The number of rotatable bonds is 0. The number of phenolic OH excluding ortho intramolecular Hbond substituents is 1. The van der Waals surface area contributed by atoms with Crippen LogP contribution < -0.4 is 5.73 Å². The maximum atomic E-state index is 12.0. The molecule has 0 spiro atoms. The van der Waals surface area contributed by atoms with E-state index < -0.39 is 5.82 Å². The molecule has 2 aromatic heterocycles. The molecule has 6 nitrogen and oxygen atoms in total. The largest absolute Gasteiger partial charge is 0.508 e. The number of phenols is 1. The minimum Gasteiger partial charge on any atom is -0.508 e. The molecule has 150 valence electrons. The highest BCUT2D eigenvalue weighted by Gasteiger charge is 1.95. The second-order valence-electron chi connectivity index (χ2n) is 5.58. The summed E-state index contributed by atoms with van der Waals surface area (Å²) in [5, 5.41) is 19.6. The summed E-state index contributed by atoms with van der Waals surface area (Å²) in [5.41, 5.74) is 5.19. The molecule has 0 saturated carbocycles. The Morgan fingerprint density at radius 1 is 1.11 bits per heavy atom. The summed E-state index contributed by atoms with van der Waals surface area (Å²) in [6.07, 6.45) is 10.4. The Morgan fingerprint density at radius 2 is 1.89 bits per heavy atom. The molecule has 0 fully saturated rings. The second kappa shape index (κ2) is 14.1. The lowest BCUT2D eigenvalue weighted by Gasteiger charge is -2.15. The number of nitrogen functional groups attached to an aromatic ring is 1. The molecule has 1 aliphatic rings. The van der Waals surface area contributed by atoms with Crippen LogP contribution in [0.4, 0.5) is 9.52 Å². The number of thiazole rings is 1. The first-order valence-corrected chi connectivity index (χ1v) is 9.37. The fourth-order valence-corrected chi connectivity index (χ4v) is 2.21. The molecule has 0 unspecified atom stereocenters. The molecular formula is C20H25FN4O2S. The van der Waals surface area contributed by atoms with Crippen LogP contribution in [0.1, 0.15) is 6.42 Å². The van der Waals surface area contributed by atoms with E-state index in [9.17, 15) is 4.39 Å². The van der Waals surface area contributed by atoms with Gasteiger partial charge in [-0.25, -0.2) is 9.37 Å². The van der Waals surface area contributed by atoms with Crippen molar-refractivity contribution in [2.45, 2.75) is 6.42 Å². The third-order valence-corrected chi connectivity index (χ3v) is 3.77. The Kier molecular flexibility index (Phi) is 11.6. The van der Waals surface area contributed by atoms with E-state index in [1.807, 2.05) is 5.38 Å². The standard InChI is InChI=1S/C6H5FO.C6H11N.C5H5NO.C3H4N2S/c7-5-2-1-3-6(8)4-5;1-7-5-3-2-4-6-7;7-5-2-1-3-6-4-5;4-3-5-1-2-6-3/h1-4,8H;2-3H,4-6H2,1H3;1-4,7H;1-2H,(H2,4,5). The summed E-state index contributed by atoms with van der Waals surface area (Å²) in [6.45, 7) is 2.37. The monoisotopic (exact) mass is 404 g/mol. The van der Waals surface area contributed by atoms with E-state index in [0.29, 0.717) is 5.13 Å². The van der Waals surface area contributed by atoms with Gasteiger partial charge in [0.1, 0.15) is 17.3 Å². The summed E-state index contributed by atoms with van der Waals surface area (Å²) in [6, 6.07) is 8.45. The minimum absolute atomic E-state index is 0.0370. The number of anilines is 1. The summed E-state index contributed by atoms with van der Waals surface area (Å²) in [5.74, 6) is -0.238. The third-order valence-electron chi connectivity index (χ3n) is 3.17. The van der Waals surface area contributed by atoms with Crippen LogP contribution in [0, 0.1) is 5.82 Å². The van der Waals surface area contributed by atoms with Crippen LogP contribution in [0.3, 0.4) is 0 Å². The summed E-state index contributed by atoms with van der Waals surface area (Å²) < 4.78 is 12.0. The van der Waals surface area contributed by atoms with Crippen LogP contribution in [0.25, 0.3) is 0 Å². The fourth-order valence-electron chi connectivity index (χ4n) is 1.82. The predicted octanol–water partition coefficient (Wildman–Crippen LogP) is 3.92. The Hall–Kier alpha value is -2.97. The summed E-state index contributed by atoms with van der Waals surface area (Å²) in [7, 11) is 2.14. The van der Waals surface area contributed by atoms with Crippen LogP contribution in [0.2, 0.25) is 0 Å². The molecule has 0 amide bonds. The number of nitrogens with zero attached hydrogens (tertiary/aromatic N) is 3. The Balaban J connectivity index is 0.000000188. The first-order valence-electron chi connectivity index (χ1n) is 8.49. The molecule has 0 aliphatic carbocycles. The zero-order valence-corrected chi connectivity index (χ0v) is 16.5. The molecule has 3 heterocycles. The number of hydrogen-bond acceptors (Lipinski definition) is 7. The van der Waals surface area contributed by atoms with E-state index in [1.54, 1.807) is 24.5 Å². The Labute approximate surface area is 168 Å². The van der Waals surface area contributed by atoms with Gasteiger partial charge in [0.05, 0.1) is 6.20 Å². The quantitative estimate of drug-likeness (QED) is 0.492. The fraction of sp³-hybridized carbons (Fsp3) is 0.200. The third kappa shape index (κ3) is 12.4. The first kappa shape index (κ1) is 23.1. The van der Waals surface area contributed by atoms with Gasteiger partial charge in [0.25, 0.3) is 0 Å². The lowest BCUT2D eigenvalue weighted by atomic mass is 10.3. The number of pyridine rings is 1. The van der Waals surface area contributed by atoms with Gasteiger partial charge >= 0.3 is 0 Å². The molecule has 0 bridgehead atoms. The molecule has 1 aliphatic heterocycles. The van der Waals surface area contributed by atoms with Crippen LogP contribution in [-0.2, 0) is 0 Å². The van der Waals surface area contributed by atoms with Crippen molar-refractivity contribution in [2.24, 2.45) is 0 Å². The average molecular weight is 405 g/mol. The van der Waals surface area contributed by atoms with Gasteiger partial charge in [0.15, 0.2) is 5.13 Å². The predicted molar refractivity (Wildman–Crippen MR) is 112 cm³/mol. The van der Waals surface area contributed by atoms with Crippen molar-refractivity contribution >= 4 is 16.5 Å². The Morgan fingerprint density at radius 3 is 2.18 bits per heavy atom. The number of benzene rings is 1. The normalized spacial score (nSPS) is 12.4. The highest BCUT2D eigenvalue weighted by Crippen LogP contribution is 2.08. The van der Waals surface area contributed by atoms with E-state index in [2.05, 4.69) is 34.1 Å². The maximum Gasteiger partial charge on any atom is 0.179 e. The Bertz CT molecular complexity index is 769. The van der Waals surface area contributed by atoms with Crippen LogP contribution in [0.15, 0.2) is 72.5 Å². The molecule has 28 heavy (non-hydrogen) atoms. The molecule has 1 aromatic carbocycles. The zero-order valence-electron chi connectivity index (χ0n) is 15.6. The SMILES string of the molecule is CN1CC=CCC1.Nc1nccs1.Oc1cccc(F)c1.Oc1cccnc1. The molecule has 8 heteroatoms. The van der Waals surface area contributed by atoms with Crippen LogP contribution >= 0.6 is 11.3 Å². The van der Waals surface area contributed by atoms with Gasteiger partial charge in [0.2, 0.25) is 0 Å². The number of aromatic hydroxyl groups is 2. The molecule has 4 rings (SSSR count). The average Bonchev–Trinajstić information content (AvgIpc) is 3.15. The van der Waals surface area contributed by atoms with Crippen LogP contribution in [0.5, 0.6) is 11.5 Å². The van der Waals surface area contributed by atoms with Gasteiger partial charge in [-0.05, 0) is 37.7 Å². The van der Waals surface area contributed by atoms with Gasteiger partial charge in [-0.15, -0.1) is 11.3 Å². The summed E-state index contributed by atoms with van der Waals surface area (Å²) >= 11 is 1.44. The first-order chi connectivity index (χ1) is 13.5. The highest BCUT2D eigenvalue weighted by atomic mass is 32.1. The summed E-state index contributed by atoms with van der Waals surface area (Å²) in [4.78, 5) is 9.65. The van der Waals surface area contributed by atoms with E-state index in [4.69, 9.17) is 15.9 Å². The van der Waals surface area contributed by atoms with E-state index in [1.165, 1.54) is 48.7 Å². The smallest absolute Gasteiger partial charge is 0.179 e. The number of nitrogens with two attached hydrogens (primary N) is 1. The number of likely N-dealkylation sites (N-methyl/N-ethyl adjacent to an activating group) is 1. The van der Waals surface area contributed by atoms with Crippen molar-refractivity contribution in [2.75, 3.05) is 25.9 Å². The molecular weight excluding hydrogens is 379 g/mol. The number of halogens is 1. The second-order valence-corrected chi connectivity index (χ2v) is 6.51. The molecule has 3 aromatic rings. The van der Waals surface area contributed by atoms with Crippen molar-refractivity contribution in [3.63, 3.8) is 0 Å². The van der Waals surface area contributed by atoms with Crippen molar-refractivity contribution in [3.8, 4) is 11.5 Å². The highest BCUT2D eigenvalue weighted by molar-refractivity contribution is 7.13. The molecule has 0 radical (unpaired) electrons. The minimum atomic E-state index is -0.412. The van der Waals surface area contributed by atoms with Crippen molar-refractivity contribution < 1.29 is 14.6 Å². The number of hydrogen-bond donors (Lipinski definition) is 3. The van der Waals surface area contributed by atoms with Gasteiger partial charge in [-0.3, -0.25) is 4.98 Å². The van der Waals surface area contributed by atoms with E-state index in [-0.39, 0.29) is 11.5 Å². The van der Waals surface area contributed by atoms with Gasteiger partial charge in [-0.2, -0.15) is 0 Å². The van der Waals surface area contributed by atoms with E-state index >= 15 is 0 Å². The van der Waals surface area contributed by atoms with E-state index in [0.717, 1.165) is 12.6 Å². The van der Waals surface area contributed by atoms with Crippen molar-refractivity contribution in [1.29, 1.82) is 0 Å².